The molecule has 0 unspecified atom stereocenters. The molecule has 0 radical (unpaired) electrons. The van der Waals surface area contributed by atoms with Gasteiger partial charge in [-0.3, -0.25) is 25.0 Å². The van der Waals surface area contributed by atoms with Crippen molar-refractivity contribution in [3.05, 3.63) is 78.3 Å². The quantitative estimate of drug-likeness (QED) is 0.293. The number of rotatable bonds is 8. The van der Waals surface area contributed by atoms with E-state index in [1.807, 2.05) is 66.9 Å². The molecule has 2 aromatic heterocycles. The first kappa shape index (κ1) is 23.1. The second kappa shape index (κ2) is 10.7. The summed E-state index contributed by atoms with van der Waals surface area (Å²) in [5, 5.41) is 9.26. The first-order valence-corrected chi connectivity index (χ1v) is 11.5. The van der Waals surface area contributed by atoms with Gasteiger partial charge in [0.05, 0.1) is 18.6 Å². The second-order valence-electron chi connectivity index (χ2n) is 7.21. The SMILES string of the molecule is CCOc1ccc(-n2c(SCC(=O)NNC(=O)c3ccco3)nnc2-c2cccc(C)c2)cc1. The molecule has 10 heteroatoms. The van der Waals surface area contributed by atoms with Gasteiger partial charge in [0.1, 0.15) is 5.75 Å². The molecule has 0 saturated heterocycles. The van der Waals surface area contributed by atoms with Crippen molar-refractivity contribution in [2.24, 2.45) is 0 Å². The van der Waals surface area contributed by atoms with E-state index < -0.39 is 11.8 Å². The molecule has 2 amide bonds. The van der Waals surface area contributed by atoms with E-state index >= 15 is 0 Å². The Bertz CT molecular complexity index is 1270. The van der Waals surface area contributed by atoms with E-state index in [0.717, 1.165) is 22.6 Å². The molecule has 2 heterocycles. The molecule has 0 aliphatic rings. The maximum absolute atomic E-state index is 12.3. The summed E-state index contributed by atoms with van der Waals surface area (Å²) in [6.07, 6.45) is 1.38. The third-order valence-corrected chi connectivity index (χ3v) is 5.64. The Morgan fingerprint density at radius 2 is 1.88 bits per heavy atom. The van der Waals surface area contributed by atoms with Crippen LogP contribution in [0, 0.1) is 6.92 Å². The van der Waals surface area contributed by atoms with Gasteiger partial charge in [0.15, 0.2) is 16.7 Å². The predicted octanol–water partition coefficient (Wildman–Crippen LogP) is 3.79. The minimum Gasteiger partial charge on any atom is -0.494 e. The number of nitrogens with one attached hydrogen (secondary N) is 2. The largest absolute Gasteiger partial charge is 0.494 e. The van der Waals surface area contributed by atoms with E-state index in [4.69, 9.17) is 9.15 Å². The fraction of sp³-hybridized carbons (Fsp3) is 0.167. The molecule has 0 bridgehead atoms. The Labute approximate surface area is 200 Å². The van der Waals surface area contributed by atoms with Crippen molar-refractivity contribution in [1.82, 2.24) is 25.6 Å². The van der Waals surface area contributed by atoms with Gasteiger partial charge in [-0.05, 0) is 56.3 Å². The maximum atomic E-state index is 12.3. The smallest absolute Gasteiger partial charge is 0.305 e. The van der Waals surface area contributed by atoms with Crippen LogP contribution in [0.1, 0.15) is 23.0 Å². The lowest BCUT2D eigenvalue weighted by atomic mass is 10.1. The number of aryl methyl sites for hydroxylation is 1. The Morgan fingerprint density at radius 3 is 2.59 bits per heavy atom. The maximum Gasteiger partial charge on any atom is 0.305 e. The van der Waals surface area contributed by atoms with Crippen molar-refractivity contribution < 1.29 is 18.7 Å². The molecule has 0 fully saturated rings. The number of hydrazine groups is 1. The van der Waals surface area contributed by atoms with Crippen LogP contribution < -0.4 is 15.6 Å². The van der Waals surface area contributed by atoms with Gasteiger partial charge >= 0.3 is 5.91 Å². The van der Waals surface area contributed by atoms with Crippen LogP contribution in [0.4, 0.5) is 0 Å². The number of ether oxygens (including phenoxy) is 1. The molecule has 9 nitrogen and oxygen atoms in total. The van der Waals surface area contributed by atoms with Crippen molar-refractivity contribution in [2.75, 3.05) is 12.4 Å². The zero-order valence-corrected chi connectivity index (χ0v) is 19.5. The Balaban J connectivity index is 1.53. The number of furan rings is 1. The van der Waals surface area contributed by atoms with Crippen molar-refractivity contribution in [2.45, 2.75) is 19.0 Å². The monoisotopic (exact) mass is 477 g/mol. The summed E-state index contributed by atoms with van der Waals surface area (Å²) in [7, 11) is 0. The molecule has 4 aromatic rings. The lowest BCUT2D eigenvalue weighted by Crippen LogP contribution is -2.42. The lowest BCUT2D eigenvalue weighted by Gasteiger charge is -2.12. The van der Waals surface area contributed by atoms with Crippen LogP contribution in [-0.4, -0.2) is 38.9 Å². The van der Waals surface area contributed by atoms with Crippen LogP contribution in [0.5, 0.6) is 5.75 Å². The average Bonchev–Trinajstić information content (AvgIpc) is 3.52. The van der Waals surface area contributed by atoms with Crippen LogP contribution in [-0.2, 0) is 4.79 Å². The number of aromatic nitrogens is 3. The van der Waals surface area contributed by atoms with E-state index in [1.54, 1.807) is 6.07 Å². The molecule has 174 valence electrons. The summed E-state index contributed by atoms with van der Waals surface area (Å²) in [5.41, 5.74) is 7.53. The fourth-order valence-electron chi connectivity index (χ4n) is 3.19. The molecule has 34 heavy (non-hydrogen) atoms. The molecular formula is C24H23N5O4S. The van der Waals surface area contributed by atoms with Crippen LogP contribution in [0.25, 0.3) is 17.1 Å². The number of nitrogens with zero attached hydrogens (tertiary/aromatic N) is 3. The number of hydrogen-bond acceptors (Lipinski definition) is 7. The number of hydrogen-bond donors (Lipinski definition) is 2. The van der Waals surface area contributed by atoms with Gasteiger partial charge in [-0.2, -0.15) is 0 Å². The van der Waals surface area contributed by atoms with Gasteiger partial charge in [0.2, 0.25) is 5.91 Å². The van der Waals surface area contributed by atoms with Gasteiger partial charge in [-0.15, -0.1) is 10.2 Å². The molecule has 2 N–H and O–H groups in total. The van der Waals surface area contributed by atoms with Crippen LogP contribution in [0.15, 0.2) is 76.5 Å². The number of amides is 2. The first-order valence-electron chi connectivity index (χ1n) is 10.6. The van der Waals surface area contributed by atoms with Crippen LogP contribution in [0.2, 0.25) is 0 Å². The van der Waals surface area contributed by atoms with Crippen molar-refractivity contribution in [3.63, 3.8) is 0 Å². The van der Waals surface area contributed by atoms with E-state index in [2.05, 4.69) is 21.0 Å². The summed E-state index contributed by atoms with van der Waals surface area (Å²) in [6, 6.07) is 18.7. The third-order valence-electron chi connectivity index (χ3n) is 4.71. The molecule has 0 aliphatic carbocycles. The molecule has 0 atom stereocenters. The van der Waals surface area contributed by atoms with Crippen molar-refractivity contribution in [3.8, 4) is 22.8 Å². The molecule has 4 rings (SSSR count). The summed E-state index contributed by atoms with van der Waals surface area (Å²) < 4.78 is 12.4. The molecule has 0 spiro atoms. The Morgan fingerprint density at radius 1 is 1.06 bits per heavy atom. The van der Waals surface area contributed by atoms with Gasteiger partial charge in [0.25, 0.3) is 0 Å². The fourth-order valence-corrected chi connectivity index (χ4v) is 3.94. The van der Waals surface area contributed by atoms with E-state index in [-0.39, 0.29) is 11.5 Å². The summed E-state index contributed by atoms with van der Waals surface area (Å²) in [5.74, 6) is 0.595. The predicted molar refractivity (Wildman–Crippen MR) is 128 cm³/mol. The molecular weight excluding hydrogens is 454 g/mol. The van der Waals surface area contributed by atoms with Crippen LogP contribution in [0.3, 0.4) is 0 Å². The zero-order chi connectivity index (χ0) is 23.9. The Hall–Kier alpha value is -4.05. The van der Waals surface area contributed by atoms with Gasteiger partial charge in [-0.1, -0.05) is 35.5 Å². The van der Waals surface area contributed by atoms with E-state index in [9.17, 15) is 9.59 Å². The van der Waals surface area contributed by atoms with Gasteiger partial charge < -0.3 is 9.15 Å². The highest BCUT2D eigenvalue weighted by atomic mass is 32.2. The first-order chi connectivity index (χ1) is 16.5. The topological polar surface area (TPSA) is 111 Å². The third kappa shape index (κ3) is 5.46. The average molecular weight is 478 g/mol. The van der Waals surface area contributed by atoms with Crippen molar-refractivity contribution in [1.29, 1.82) is 0 Å². The van der Waals surface area contributed by atoms with Gasteiger partial charge in [-0.25, -0.2) is 0 Å². The standard InChI is InChI=1S/C24H23N5O4S/c1-3-32-19-11-9-18(10-12-19)29-22(17-7-4-6-16(2)14-17)26-28-24(29)34-15-21(30)25-27-23(31)20-8-5-13-33-20/h4-14H,3,15H2,1-2H3,(H,25,30)(H,27,31). The number of thioether (sulfide) groups is 1. The minimum absolute atomic E-state index is 0.0153. The molecule has 0 saturated carbocycles. The molecule has 0 aliphatic heterocycles. The highest BCUT2D eigenvalue weighted by molar-refractivity contribution is 7.99. The highest BCUT2D eigenvalue weighted by Crippen LogP contribution is 2.29. The summed E-state index contributed by atoms with van der Waals surface area (Å²) >= 11 is 1.20. The number of carbonyl (C=O) groups excluding carboxylic acids is 2. The minimum atomic E-state index is -0.539. The normalized spacial score (nSPS) is 10.6. The summed E-state index contributed by atoms with van der Waals surface area (Å²) in [4.78, 5) is 24.2. The van der Waals surface area contributed by atoms with Crippen molar-refractivity contribution >= 4 is 23.6 Å². The lowest BCUT2D eigenvalue weighted by molar-refractivity contribution is -0.119. The summed E-state index contributed by atoms with van der Waals surface area (Å²) in [6.45, 7) is 4.52. The zero-order valence-electron chi connectivity index (χ0n) is 18.6. The number of benzene rings is 2. The Kier molecular flexibility index (Phi) is 7.28. The highest BCUT2D eigenvalue weighted by Gasteiger charge is 2.18. The van der Waals surface area contributed by atoms with Crippen LogP contribution >= 0.6 is 11.8 Å². The van der Waals surface area contributed by atoms with E-state index in [0.29, 0.717) is 17.6 Å². The molecule has 2 aromatic carbocycles. The number of carbonyl (C=O) groups is 2. The van der Waals surface area contributed by atoms with Gasteiger partial charge in [0, 0.05) is 11.3 Å². The van der Waals surface area contributed by atoms with E-state index in [1.165, 1.54) is 24.1 Å². The second-order valence-corrected chi connectivity index (χ2v) is 8.15.